The van der Waals surface area contributed by atoms with Crippen LogP contribution in [0.5, 0.6) is 0 Å². The number of benzene rings is 1. The third-order valence-corrected chi connectivity index (χ3v) is 4.38. The first-order chi connectivity index (χ1) is 10.0. The van der Waals surface area contributed by atoms with E-state index in [1.165, 1.54) is 25.7 Å². The van der Waals surface area contributed by atoms with Crippen LogP contribution in [0.2, 0.25) is 0 Å². The van der Waals surface area contributed by atoms with Crippen molar-refractivity contribution in [3.8, 4) is 0 Å². The number of hydrogen-bond acceptors (Lipinski definition) is 4. The van der Waals surface area contributed by atoms with Crippen LogP contribution in [0.25, 0.3) is 0 Å². The van der Waals surface area contributed by atoms with Gasteiger partial charge in [0.15, 0.2) is 0 Å². The van der Waals surface area contributed by atoms with Gasteiger partial charge < -0.3 is 15.4 Å². The van der Waals surface area contributed by atoms with Gasteiger partial charge in [-0.1, -0.05) is 19.8 Å². The largest absolute Gasteiger partial charge is 0.462 e. The number of nitrogens with zero attached hydrogens (tertiary/aromatic N) is 1. The lowest BCUT2D eigenvalue weighted by Gasteiger charge is -2.36. The van der Waals surface area contributed by atoms with Gasteiger partial charge in [0.05, 0.1) is 23.5 Å². The molecule has 1 aromatic rings. The molecule has 0 radical (unpaired) electrons. The molecule has 0 aromatic heterocycles. The number of carbonyl (C=O) groups is 1. The van der Waals surface area contributed by atoms with Crippen molar-refractivity contribution in [2.24, 2.45) is 5.92 Å². The van der Waals surface area contributed by atoms with Crippen LogP contribution in [0.1, 0.15) is 49.9 Å². The Morgan fingerprint density at radius 2 is 2.19 bits per heavy atom. The number of rotatable bonds is 4. The molecule has 0 spiro atoms. The average molecular weight is 290 g/mol. The smallest absolute Gasteiger partial charge is 0.338 e. The molecule has 1 fully saturated rings. The molecule has 116 valence electrons. The monoisotopic (exact) mass is 290 g/mol. The molecule has 0 bridgehead atoms. The standard InChI is InChI=1S/C17H26N2O2/c1-4-21-17(20)13-8-9-16(15(18)11-13)19(3)14-7-5-6-12(2)10-14/h8-9,11-12,14H,4-7,10,18H2,1-3H3. The van der Waals surface area contributed by atoms with Gasteiger partial charge in [0.25, 0.3) is 0 Å². The number of hydrogen-bond donors (Lipinski definition) is 1. The van der Waals surface area contributed by atoms with E-state index >= 15 is 0 Å². The number of anilines is 2. The Kier molecular flexibility index (Phi) is 5.10. The summed E-state index contributed by atoms with van der Waals surface area (Å²) in [6, 6.07) is 5.98. The van der Waals surface area contributed by atoms with Crippen LogP contribution in [0, 0.1) is 5.92 Å². The number of carbonyl (C=O) groups excluding carboxylic acids is 1. The predicted octanol–water partition coefficient (Wildman–Crippen LogP) is 3.46. The Morgan fingerprint density at radius 3 is 2.81 bits per heavy atom. The summed E-state index contributed by atoms with van der Waals surface area (Å²) in [4.78, 5) is 14.0. The molecule has 0 heterocycles. The summed E-state index contributed by atoms with van der Waals surface area (Å²) in [7, 11) is 2.10. The third-order valence-electron chi connectivity index (χ3n) is 4.38. The summed E-state index contributed by atoms with van der Waals surface area (Å²) in [5.74, 6) is 0.455. The highest BCUT2D eigenvalue weighted by Crippen LogP contribution is 2.32. The molecule has 1 aromatic carbocycles. The van der Waals surface area contributed by atoms with Gasteiger partial charge in [0.2, 0.25) is 0 Å². The molecule has 4 nitrogen and oxygen atoms in total. The van der Waals surface area contributed by atoms with E-state index < -0.39 is 0 Å². The Bertz CT molecular complexity index is 502. The molecule has 2 N–H and O–H groups in total. The normalized spacial score (nSPS) is 21.9. The van der Waals surface area contributed by atoms with Crippen molar-refractivity contribution >= 4 is 17.3 Å². The van der Waals surface area contributed by atoms with Gasteiger partial charge in [-0.25, -0.2) is 4.79 Å². The number of nitrogen functional groups attached to an aromatic ring is 1. The zero-order valence-electron chi connectivity index (χ0n) is 13.3. The highest BCUT2D eigenvalue weighted by atomic mass is 16.5. The van der Waals surface area contributed by atoms with Crippen molar-refractivity contribution in [2.45, 2.75) is 45.6 Å². The van der Waals surface area contributed by atoms with Gasteiger partial charge in [-0.05, 0) is 43.9 Å². The van der Waals surface area contributed by atoms with Gasteiger partial charge in [0.1, 0.15) is 0 Å². The number of ether oxygens (including phenoxy) is 1. The Morgan fingerprint density at radius 1 is 1.43 bits per heavy atom. The average Bonchev–Trinajstić information content (AvgIpc) is 2.46. The first-order valence-electron chi connectivity index (χ1n) is 7.82. The lowest BCUT2D eigenvalue weighted by Crippen LogP contribution is -2.36. The maximum absolute atomic E-state index is 11.7. The Hall–Kier alpha value is -1.71. The van der Waals surface area contributed by atoms with Crippen LogP contribution < -0.4 is 10.6 Å². The van der Waals surface area contributed by atoms with Crippen molar-refractivity contribution < 1.29 is 9.53 Å². The van der Waals surface area contributed by atoms with Gasteiger partial charge in [-0.15, -0.1) is 0 Å². The molecule has 0 amide bonds. The molecule has 2 rings (SSSR count). The second-order valence-corrected chi connectivity index (χ2v) is 6.03. The zero-order chi connectivity index (χ0) is 15.4. The highest BCUT2D eigenvalue weighted by Gasteiger charge is 2.24. The Balaban J connectivity index is 2.14. The third kappa shape index (κ3) is 3.69. The molecule has 1 aliphatic carbocycles. The first kappa shape index (κ1) is 15.7. The van der Waals surface area contributed by atoms with Crippen molar-refractivity contribution in [3.05, 3.63) is 23.8 Å². The summed E-state index contributed by atoms with van der Waals surface area (Å²) < 4.78 is 5.01. The van der Waals surface area contributed by atoms with Crippen molar-refractivity contribution in [1.29, 1.82) is 0 Å². The quantitative estimate of drug-likeness (QED) is 0.681. The lowest BCUT2D eigenvalue weighted by atomic mass is 9.86. The van der Waals surface area contributed by atoms with E-state index in [0.29, 0.717) is 23.9 Å². The van der Waals surface area contributed by atoms with Gasteiger partial charge in [-0.3, -0.25) is 0 Å². The van der Waals surface area contributed by atoms with E-state index in [9.17, 15) is 4.79 Å². The first-order valence-corrected chi connectivity index (χ1v) is 7.82. The van der Waals surface area contributed by atoms with Crippen molar-refractivity contribution in [2.75, 3.05) is 24.3 Å². The summed E-state index contributed by atoms with van der Waals surface area (Å²) in [5, 5.41) is 0. The maximum atomic E-state index is 11.7. The molecule has 0 aliphatic heterocycles. The van der Waals surface area contributed by atoms with Crippen LogP contribution in [-0.4, -0.2) is 25.7 Å². The Labute approximate surface area is 127 Å². The van der Waals surface area contributed by atoms with Crippen LogP contribution in [0.15, 0.2) is 18.2 Å². The summed E-state index contributed by atoms with van der Waals surface area (Å²) in [5.41, 5.74) is 8.31. The molecular weight excluding hydrogens is 264 g/mol. The summed E-state index contributed by atoms with van der Waals surface area (Å²) in [6.45, 7) is 4.49. The predicted molar refractivity (Wildman–Crippen MR) is 86.6 cm³/mol. The molecule has 2 unspecified atom stereocenters. The van der Waals surface area contributed by atoms with Crippen LogP contribution in [0.3, 0.4) is 0 Å². The minimum Gasteiger partial charge on any atom is -0.462 e. The minimum atomic E-state index is -0.315. The van der Waals surface area contributed by atoms with E-state index in [1.807, 2.05) is 6.07 Å². The van der Waals surface area contributed by atoms with Gasteiger partial charge in [-0.2, -0.15) is 0 Å². The summed E-state index contributed by atoms with van der Waals surface area (Å²) in [6.07, 6.45) is 5.01. The van der Waals surface area contributed by atoms with Crippen molar-refractivity contribution in [3.63, 3.8) is 0 Å². The van der Waals surface area contributed by atoms with E-state index in [-0.39, 0.29) is 5.97 Å². The molecule has 1 saturated carbocycles. The van der Waals surface area contributed by atoms with Crippen molar-refractivity contribution in [1.82, 2.24) is 0 Å². The SMILES string of the molecule is CCOC(=O)c1ccc(N(C)C2CCCC(C)C2)c(N)c1. The van der Waals surface area contributed by atoms with Gasteiger partial charge in [0, 0.05) is 13.1 Å². The molecule has 4 heteroatoms. The minimum absolute atomic E-state index is 0.315. The zero-order valence-corrected chi connectivity index (χ0v) is 13.3. The van der Waals surface area contributed by atoms with Crippen LogP contribution in [-0.2, 0) is 4.74 Å². The van der Waals surface area contributed by atoms with Crippen LogP contribution in [0.4, 0.5) is 11.4 Å². The fourth-order valence-electron chi connectivity index (χ4n) is 3.17. The highest BCUT2D eigenvalue weighted by molar-refractivity contribution is 5.92. The number of esters is 1. The molecule has 21 heavy (non-hydrogen) atoms. The lowest BCUT2D eigenvalue weighted by molar-refractivity contribution is 0.0526. The maximum Gasteiger partial charge on any atom is 0.338 e. The van der Waals surface area contributed by atoms with Crippen LogP contribution >= 0.6 is 0 Å². The molecule has 1 aliphatic rings. The summed E-state index contributed by atoms with van der Waals surface area (Å²) >= 11 is 0. The van der Waals surface area contributed by atoms with Gasteiger partial charge >= 0.3 is 5.97 Å². The second-order valence-electron chi connectivity index (χ2n) is 6.03. The molecule has 2 atom stereocenters. The van der Waals surface area contributed by atoms with E-state index in [2.05, 4.69) is 18.9 Å². The topological polar surface area (TPSA) is 55.6 Å². The molecule has 0 saturated heterocycles. The fourth-order valence-corrected chi connectivity index (χ4v) is 3.17. The fraction of sp³-hybridized carbons (Fsp3) is 0.588. The number of nitrogens with two attached hydrogens (primary N) is 1. The molecular formula is C17H26N2O2. The second kappa shape index (κ2) is 6.83. The van der Waals surface area contributed by atoms with E-state index in [4.69, 9.17) is 10.5 Å². The van der Waals surface area contributed by atoms with E-state index in [0.717, 1.165) is 11.6 Å². The van der Waals surface area contributed by atoms with E-state index in [1.54, 1.807) is 19.1 Å².